The molecule has 1 aromatic heterocycles. The van der Waals surface area contributed by atoms with E-state index in [9.17, 15) is 4.79 Å². The molecule has 1 unspecified atom stereocenters. The molecule has 22 heavy (non-hydrogen) atoms. The lowest BCUT2D eigenvalue weighted by Crippen LogP contribution is -2.50. The van der Waals surface area contributed by atoms with Crippen LogP contribution in [0.3, 0.4) is 0 Å². The highest BCUT2D eigenvalue weighted by Gasteiger charge is 2.29. The van der Waals surface area contributed by atoms with Gasteiger partial charge >= 0.3 is 0 Å². The summed E-state index contributed by atoms with van der Waals surface area (Å²) < 4.78 is 0. The summed E-state index contributed by atoms with van der Waals surface area (Å²) in [6.07, 6.45) is 4.87. The summed E-state index contributed by atoms with van der Waals surface area (Å²) in [4.78, 5) is 19.4. The Bertz CT molecular complexity index is 530. The molecule has 1 N–H and O–H groups in total. The third kappa shape index (κ3) is 4.07. The van der Waals surface area contributed by atoms with E-state index in [1.54, 1.807) is 0 Å². The Morgan fingerprint density at radius 3 is 2.86 bits per heavy atom. The first-order chi connectivity index (χ1) is 10.4. The van der Waals surface area contributed by atoms with Gasteiger partial charge in [0.2, 0.25) is 5.91 Å². The number of aromatic nitrogens is 1. The van der Waals surface area contributed by atoms with E-state index in [1.165, 1.54) is 23.5 Å². The second-order valence-electron chi connectivity index (χ2n) is 7.75. The average molecular weight is 321 g/mol. The molecule has 2 aliphatic rings. The lowest BCUT2D eigenvalue weighted by Gasteiger charge is -2.34. The Morgan fingerprint density at radius 1 is 1.41 bits per heavy atom. The molecule has 1 saturated heterocycles. The van der Waals surface area contributed by atoms with Gasteiger partial charge in [0.05, 0.1) is 10.7 Å². The van der Waals surface area contributed by atoms with Crippen LogP contribution in [-0.4, -0.2) is 34.9 Å². The molecular weight excluding hydrogens is 294 g/mol. The normalized spacial score (nSPS) is 23.5. The van der Waals surface area contributed by atoms with Gasteiger partial charge in [-0.3, -0.25) is 9.69 Å². The van der Waals surface area contributed by atoms with Crippen molar-refractivity contribution in [3.63, 3.8) is 0 Å². The van der Waals surface area contributed by atoms with Gasteiger partial charge in [-0.2, -0.15) is 0 Å². The van der Waals surface area contributed by atoms with Crippen molar-refractivity contribution < 1.29 is 4.79 Å². The Kier molecular flexibility index (Phi) is 4.55. The van der Waals surface area contributed by atoms with Crippen molar-refractivity contribution >= 4 is 17.2 Å². The van der Waals surface area contributed by atoms with Gasteiger partial charge in [-0.15, -0.1) is 11.3 Å². The zero-order valence-corrected chi connectivity index (χ0v) is 14.7. The van der Waals surface area contributed by atoms with Crippen LogP contribution in [0.1, 0.15) is 63.1 Å². The highest BCUT2D eigenvalue weighted by Crippen LogP contribution is 2.41. The number of thiazole rings is 1. The van der Waals surface area contributed by atoms with Crippen LogP contribution in [0.25, 0.3) is 0 Å². The summed E-state index contributed by atoms with van der Waals surface area (Å²) >= 11 is 1.82. The molecule has 4 nitrogen and oxygen atoms in total. The number of carbonyl (C=O) groups excluding carboxylic acids is 1. The number of likely N-dealkylation sites (tertiary alicyclic amines) is 1. The molecule has 1 atom stereocenters. The number of amides is 1. The minimum absolute atomic E-state index is 0.157. The molecule has 1 saturated carbocycles. The van der Waals surface area contributed by atoms with Gasteiger partial charge in [0.15, 0.2) is 0 Å². The quantitative estimate of drug-likeness (QED) is 0.926. The lowest BCUT2D eigenvalue weighted by atomic mass is 9.94. The molecule has 1 amide bonds. The molecule has 2 fully saturated rings. The van der Waals surface area contributed by atoms with Crippen molar-refractivity contribution in [1.82, 2.24) is 15.2 Å². The summed E-state index contributed by atoms with van der Waals surface area (Å²) in [5, 5.41) is 6.75. The molecule has 1 aliphatic carbocycles. The topological polar surface area (TPSA) is 45.2 Å². The van der Waals surface area contributed by atoms with Crippen LogP contribution in [0, 0.1) is 5.41 Å². The van der Waals surface area contributed by atoms with E-state index in [0.717, 1.165) is 38.4 Å². The third-order valence-corrected chi connectivity index (χ3v) is 5.46. The van der Waals surface area contributed by atoms with Crippen molar-refractivity contribution in [2.24, 2.45) is 5.41 Å². The molecule has 3 rings (SSSR count). The number of piperidine rings is 1. The van der Waals surface area contributed by atoms with Gasteiger partial charge in [-0.05, 0) is 32.2 Å². The highest BCUT2D eigenvalue weighted by atomic mass is 32.1. The fourth-order valence-corrected chi connectivity index (χ4v) is 3.84. The van der Waals surface area contributed by atoms with E-state index in [0.29, 0.717) is 0 Å². The average Bonchev–Trinajstić information content (AvgIpc) is 3.19. The SMILES string of the molecule is CC(C)(C)C(=O)NC1CCCN(Cc2csc(C3CC3)n2)C1. The molecular formula is C17H27N3OS. The van der Waals surface area contributed by atoms with E-state index < -0.39 is 0 Å². The Labute approximate surface area is 137 Å². The maximum Gasteiger partial charge on any atom is 0.225 e. The van der Waals surface area contributed by atoms with E-state index in [1.807, 2.05) is 32.1 Å². The fourth-order valence-electron chi connectivity index (χ4n) is 2.86. The number of nitrogens with zero attached hydrogens (tertiary/aromatic N) is 2. The largest absolute Gasteiger partial charge is 0.352 e. The smallest absolute Gasteiger partial charge is 0.225 e. The maximum absolute atomic E-state index is 12.1. The van der Waals surface area contributed by atoms with Crippen LogP contribution in [0.5, 0.6) is 0 Å². The monoisotopic (exact) mass is 321 g/mol. The number of nitrogens with one attached hydrogen (secondary N) is 1. The molecule has 2 heterocycles. The van der Waals surface area contributed by atoms with Gasteiger partial charge in [0, 0.05) is 35.8 Å². The van der Waals surface area contributed by atoms with Crippen LogP contribution >= 0.6 is 11.3 Å². The summed E-state index contributed by atoms with van der Waals surface area (Å²) in [7, 11) is 0. The van der Waals surface area contributed by atoms with Gasteiger partial charge in [-0.1, -0.05) is 20.8 Å². The van der Waals surface area contributed by atoms with Crippen LogP contribution in [0.4, 0.5) is 0 Å². The lowest BCUT2D eigenvalue weighted by molar-refractivity contribution is -0.129. The summed E-state index contributed by atoms with van der Waals surface area (Å²) in [5.41, 5.74) is 0.894. The minimum atomic E-state index is -0.309. The van der Waals surface area contributed by atoms with Crippen LogP contribution in [0.15, 0.2) is 5.38 Å². The van der Waals surface area contributed by atoms with E-state index in [4.69, 9.17) is 4.98 Å². The van der Waals surface area contributed by atoms with Crippen LogP contribution in [-0.2, 0) is 11.3 Å². The Morgan fingerprint density at radius 2 is 2.18 bits per heavy atom. The summed E-state index contributed by atoms with van der Waals surface area (Å²) in [5.74, 6) is 0.906. The van der Waals surface area contributed by atoms with Crippen molar-refractivity contribution in [3.05, 3.63) is 16.1 Å². The van der Waals surface area contributed by atoms with Crippen molar-refractivity contribution in [2.45, 2.75) is 65.0 Å². The zero-order valence-electron chi connectivity index (χ0n) is 13.9. The molecule has 122 valence electrons. The molecule has 5 heteroatoms. The standard InChI is InChI=1S/C17H27N3OS/c1-17(2,3)16(21)19-13-5-4-8-20(9-13)10-14-11-22-15(18-14)12-6-7-12/h11-13H,4-10H2,1-3H3,(H,19,21). The molecule has 0 spiro atoms. The van der Waals surface area contributed by atoms with Gasteiger partial charge < -0.3 is 5.32 Å². The molecule has 0 radical (unpaired) electrons. The maximum atomic E-state index is 12.1. The molecule has 0 bridgehead atoms. The highest BCUT2D eigenvalue weighted by molar-refractivity contribution is 7.09. The second-order valence-corrected chi connectivity index (χ2v) is 8.64. The van der Waals surface area contributed by atoms with Gasteiger partial charge in [0.1, 0.15) is 0 Å². The van der Waals surface area contributed by atoms with E-state index >= 15 is 0 Å². The summed E-state index contributed by atoms with van der Waals surface area (Å²) in [6, 6.07) is 0.280. The number of hydrogen-bond donors (Lipinski definition) is 1. The first-order valence-electron chi connectivity index (χ1n) is 8.39. The van der Waals surface area contributed by atoms with Crippen molar-refractivity contribution in [3.8, 4) is 0 Å². The predicted octanol–water partition coefficient (Wildman–Crippen LogP) is 3.15. The third-order valence-electron chi connectivity index (χ3n) is 4.40. The fraction of sp³-hybridized carbons (Fsp3) is 0.765. The van der Waals surface area contributed by atoms with Crippen molar-refractivity contribution in [2.75, 3.05) is 13.1 Å². The molecule has 1 aromatic rings. The second kappa shape index (κ2) is 6.28. The van der Waals surface area contributed by atoms with Crippen LogP contribution in [0.2, 0.25) is 0 Å². The number of hydrogen-bond acceptors (Lipinski definition) is 4. The first-order valence-corrected chi connectivity index (χ1v) is 9.27. The van der Waals surface area contributed by atoms with Gasteiger partial charge in [0.25, 0.3) is 0 Å². The summed E-state index contributed by atoms with van der Waals surface area (Å²) in [6.45, 7) is 8.88. The minimum Gasteiger partial charge on any atom is -0.352 e. The zero-order chi connectivity index (χ0) is 15.7. The Hall–Kier alpha value is -0.940. The predicted molar refractivity (Wildman–Crippen MR) is 90.0 cm³/mol. The van der Waals surface area contributed by atoms with Crippen molar-refractivity contribution in [1.29, 1.82) is 0 Å². The van der Waals surface area contributed by atoms with Crippen LogP contribution < -0.4 is 5.32 Å². The Balaban J connectivity index is 1.52. The van der Waals surface area contributed by atoms with E-state index in [-0.39, 0.29) is 17.4 Å². The van der Waals surface area contributed by atoms with E-state index in [2.05, 4.69) is 15.6 Å². The molecule has 0 aromatic carbocycles. The number of rotatable bonds is 4. The van der Waals surface area contributed by atoms with Gasteiger partial charge in [-0.25, -0.2) is 4.98 Å². The number of carbonyl (C=O) groups is 1. The first kappa shape index (κ1) is 15.9. The molecule has 1 aliphatic heterocycles.